The number of halogens is 1. The van der Waals surface area contributed by atoms with Crippen LogP contribution in [0.5, 0.6) is 5.75 Å². The molecule has 148 valence electrons. The van der Waals surface area contributed by atoms with Crippen LogP contribution in [0.2, 0.25) is 0 Å². The first kappa shape index (κ1) is 19.4. The Morgan fingerprint density at radius 2 is 2.00 bits per heavy atom. The van der Waals surface area contributed by atoms with Crippen LogP contribution in [-0.4, -0.2) is 31.0 Å². The van der Waals surface area contributed by atoms with Crippen molar-refractivity contribution in [2.45, 2.75) is 12.0 Å². The number of amides is 1. The fourth-order valence-corrected chi connectivity index (χ4v) is 3.97. The smallest absolute Gasteiger partial charge is 0.347 e. The van der Waals surface area contributed by atoms with Gasteiger partial charge < -0.3 is 19.2 Å². The molecule has 8 heteroatoms. The zero-order chi connectivity index (χ0) is 20.9. The van der Waals surface area contributed by atoms with Crippen LogP contribution >= 0.6 is 15.9 Å². The number of likely N-dealkylation sites (N-methyl/N-ethyl adjacent to an activating group) is 1. The van der Waals surface area contributed by atoms with E-state index in [1.54, 1.807) is 36.4 Å². The second-order valence-electron chi connectivity index (χ2n) is 6.81. The number of hydrogen-bond donors (Lipinski definition) is 1. The fourth-order valence-electron chi connectivity index (χ4n) is 3.61. The number of methoxy groups -OCH3 is 1. The molecule has 1 aromatic heterocycles. The first-order chi connectivity index (χ1) is 13.8. The molecular formula is C21H16BrNO6. The third-order valence-electron chi connectivity index (χ3n) is 5.08. The Labute approximate surface area is 173 Å². The number of ether oxygens (including phenoxy) is 1. The van der Waals surface area contributed by atoms with Crippen molar-refractivity contribution in [3.63, 3.8) is 0 Å². The number of rotatable bonds is 4. The number of Topliss-reactive ketones (excluding diaryl/α,β-unsaturated/α-hetero) is 1. The zero-order valence-corrected chi connectivity index (χ0v) is 17.1. The number of carbonyl (C=O) groups is 2. The summed E-state index contributed by atoms with van der Waals surface area (Å²) in [4.78, 5) is 39.4. The van der Waals surface area contributed by atoms with Crippen molar-refractivity contribution in [2.75, 3.05) is 19.1 Å². The van der Waals surface area contributed by atoms with Gasteiger partial charge in [-0.05, 0) is 30.3 Å². The van der Waals surface area contributed by atoms with E-state index in [0.29, 0.717) is 26.9 Å². The van der Waals surface area contributed by atoms with Gasteiger partial charge in [-0.3, -0.25) is 9.59 Å². The van der Waals surface area contributed by atoms with Crippen LogP contribution in [0.25, 0.3) is 11.0 Å². The molecule has 3 aromatic rings. The normalized spacial score (nSPS) is 18.2. The van der Waals surface area contributed by atoms with Gasteiger partial charge in [0.25, 0.3) is 5.91 Å². The largest absolute Gasteiger partial charge is 0.493 e. The standard InChI is InChI=1S/C21H16BrNO6/c1-23-15-7-6-12(22)9-14(15)21(27,20(23)26)10-16(24)13-8-11-4-3-5-17(28-2)18(11)29-19(13)25/h3-9,27H,10H2,1-2H3/t21-/m0/s1. The van der Waals surface area contributed by atoms with E-state index >= 15 is 0 Å². The van der Waals surface area contributed by atoms with Crippen LogP contribution in [0.3, 0.4) is 0 Å². The molecule has 1 aliphatic rings. The van der Waals surface area contributed by atoms with Crippen LogP contribution in [-0.2, 0) is 10.4 Å². The molecule has 0 saturated carbocycles. The number of aliphatic hydroxyl groups is 1. The summed E-state index contributed by atoms with van der Waals surface area (Å²) < 4.78 is 11.1. The molecule has 0 saturated heterocycles. The number of carbonyl (C=O) groups excluding carboxylic acids is 2. The van der Waals surface area contributed by atoms with Gasteiger partial charge in [-0.25, -0.2) is 4.79 Å². The van der Waals surface area contributed by atoms with E-state index < -0.39 is 29.3 Å². The summed E-state index contributed by atoms with van der Waals surface area (Å²) in [5.74, 6) is -0.963. The van der Waals surface area contributed by atoms with E-state index in [1.807, 2.05) is 0 Å². The summed E-state index contributed by atoms with van der Waals surface area (Å²) in [6.45, 7) is 0. The van der Waals surface area contributed by atoms with E-state index in [1.165, 1.54) is 25.1 Å². The number of anilines is 1. The van der Waals surface area contributed by atoms with Gasteiger partial charge in [0.1, 0.15) is 5.56 Å². The highest BCUT2D eigenvalue weighted by Gasteiger charge is 2.50. The molecule has 2 heterocycles. The first-order valence-corrected chi connectivity index (χ1v) is 9.50. The predicted molar refractivity (Wildman–Crippen MR) is 109 cm³/mol. The Bertz CT molecular complexity index is 1230. The number of para-hydroxylation sites is 1. The van der Waals surface area contributed by atoms with Crippen LogP contribution in [0.1, 0.15) is 22.3 Å². The Kier molecular flexibility index (Phi) is 4.55. The molecule has 1 aliphatic heterocycles. The highest BCUT2D eigenvalue weighted by molar-refractivity contribution is 9.10. The maximum atomic E-state index is 12.9. The van der Waals surface area contributed by atoms with Crippen molar-refractivity contribution >= 4 is 44.3 Å². The molecule has 2 aromatic carbocycles. The Morgan fingerprint density at radius 1 is 1.24 bits per heavy atom. The van der Waals surface area contributed by atoms with Gasteiger partial charge in [-0.1, -0.05) is 28.1 Å². The number of benzene rings is 2. The van der Waals surface area contributed by atoms with E-state index in [4.69, 9.17) is 9.15 Å². The van der Waals surface area contributed by atoms with Gasteiger partial charge in [0, 0.05) is 22.5 Å². The maximum absolute atomic E-state index is 12.9. The van der Waals surface area contributed by atoms with E-state index in [0.717, 1.165) is 0 Å². The summed E-state index contributed by atoms with van der Waals surface area (Å²) in [6, 6.07) is 11.4. The number of nitrogens with zero attached hydrogens (tertiary/aromatic N) is 1. The highest BCUT2D eigenvalue weighted by atomic mass is 79.9. The maximum Gasteiger partial charge on any atom is 0.347 e. The summed E-state index contributed by atoms with van der Waals surface area (Å²) in [5.41, 5.74) is -2.13. The van der Waals surface area contributed by atoms with Gasteiger partial charge in [0.2, 0.25) is 0 Å². The van der Waals surface area contributed by atoms with Crippen molar-refractivity contribution in [1.82, 2.24) is 0 Å². The Morgan fingerprint density at radius 3 is 2.72 bits per heavy atom. The zero-order valence-electron chi connectivity index (χ0n) is 15.6. The lowest BCUT2D eigenvalue weighted by Crippen LogP contribution is -2.40. The quantitative estimate of drug-likeness (QED) is 0.477. The lowest BCUT2D eigenvalue weighted by atomic mass is 9.88. The molecule has 7 nitrogen and oxygen atoms in total. The molecule has 1 atom stereocenters. The molecule has 1 amide bonds. The minimum atomic E-state index is -2.07. The molecule has 0 bridgehead atoms. The van der Waals surface area contributed by atoms with E-state index in [2.05, 4.69) is 15.9 Å². The molecule has 1 N–H and O–H groups in total. The minimum Gasteiger partial charge on any atom is -0.493 e. The van der Waals surface area contributed by atoms with Crippen LogP contribution in [0.15, 0.2) is 56.1 Å². The van der Waals surface area contributed by atoms with Crippen molar-refractivity contribution in [3.8, 4) is 5.75 Å². The highest BCUT2D eigenvalue weighted by Crippen LogP contribution is 2.43. The second kappa shape index (κ2) is 6.82. The molecule has 0 unspecified atom stereocenters. The minimum absolute atomic E-state index is 0.223. The average Bonchev–Trinajstić information content (AvgIpc) is 2.88. The summed E-state index contributed by atoms with van der Waals surface area (Å²) in [5, 5.41) is 11.6. The van der Waals surface area contributed by atoms with Gasteiger partial charge in [-0.2, -0.15) is 0 Å². The molecule has 29 heavy (non-hydrogen) atoms. The monoisotopic (exact) mass is 457 g/mol. The molecule has 4 rings (SSSR count). The lowest BCUT2D eigenvalue weighted by molar-refractivity contribution is -0.135. The number of hydrogen-bond acceptors (Lipinski definition) is 6. The predicted octanol–water partition coefficient (Wildman–Crippen LogP) is 3.00. The van der Waals surface area contributed by atoms with Gasteiger partial charge in [0.15, 0.2) is 22.7 Å². The van der Waals surface area contributed by atoms with E-state index in [9.17, 15) is 19.5 Å². The molecule has 0 radical (unpaired) electrons. The molecule has 0 aliphatic carbocycles. The summed E-state index contributed by atoms with van der Waals surface area (Å²) in [7, 11) is 2.97. The second-order valence-corrected chi connectivity index (χ2v) is 7.73. The van der Waals surface area contributed by atoms with Crippen molar-refractivity contribution < 1.29 is 23.8 Å². The third kappa shape index (κ3) is 2.95. The number of ketones is 1. The topological polar surface area (TPSA) is 97.0 Å². The first-order valence-electron chi connectivity index (χ1n) is 8.71. The fraction of sp³-hybridized carbons (Fsp3) is 0.190. The SMILES string of the molecule is COc1cccc2cc(C(=O)C[C@@]3(O)C(=O)N(C)c4ccc(Br)cc43)c(=O)oc12. The van der Waals surface area contributed by atoms with Crippen LogP contribution in [0.4, 0.5) is 5.69 Å². The van der Waals surface area contributed by atoms with Crippen LogP contribution in [0, 0.1) is 0 Å². The summed E-state index contributed by atoms with van der Waals surface area (Å²) >= 11 is 3.32. The summed E-state index contributed by atoms with van der Waals surface area (Å²) in [6.07, 6.45) is -0.583. The van der Waals surface area contributed by atoms with Crippen LogP contribution < -0.4 is 15.3 Å². The molecule has 0 spiro atoms. The Balaban J connectivity index is 1.77. The van der Waals surface area contributed by atoms with E-state index in [-0.39, 0.29) is 11.1 Å². The Hall–Kier alpha value is -2.97. The van der Waals surface area contributed by atoms with Gasteiger partial charge in [-0.15, -0.1) is 0 Å². The van der Waals surface area contributed by atoms with Gasteiger partial charge >= 0.3 is 5.63 Å². The molecule has 0 fully saturated rings. The lowest BCUT2D eigenvalue weighted by Gasteiger charge is -2.21. The number of fused-ring (bicyclic) bond motifs is 2. The molecular weight excluding hydrogens is 442 g/mol. The van der Waals surface area contributed by atoms with Crippen molar-refractivity contribution in [1.29, 1.82) is 0 Å². The third-order valence-corrected chi connectivity index (χ3v) is 5.58. The average molecular weight is 458 g/mol. The van der Waals surface area contributed by atoms with Gasteiger partial charge in [0.05, 0.1) is 19.2 Å². The van der Waals surface area contributed by atoms with Crippen molar-refractivity contribution in [2.24, 2.45) is 0 Å². The van der Waals surface area contributed by atoms with Crippen molar-refractivity contribution in [3.05, 3.63) is 68.5 Å².